The lowest BCUT2D eigenvalue weighted by atomic mass is 9.78. The van der Waals surface area contributed by atoms with Crippen LogP contribution >= 0.6 is 0 Å². The molecule has 176 valence electrons. The smallest absolute Gasteiger partial charge is 0.255 e. The molecule has 0 aromatic heterocycles. The molecule has 0 saturated carbocycles. The molecule has 1 aliphatic rings. The number of fused-ring (bicyclic) bond motifs is 1. The van der Waals surface area contributed by atoms with Crippen molar-refractivity contribution in [2.24, 2.45) is 0 Å². The number of nitrogens with one attached hydrogen (secondary N) is 1. The quantitative estimate of drug-likeness (QED) is 0.525. The number of hydrogen-bond donors (Lipinski definition) is 1. The predicted molar refractivity (Wildman–Crippen MR) is 129 cm³/mol. The van der Waals surface area contributed by atoms with Crippen LogP contribution in [-0.4, -0.2) is 29.9 Å². The zero-order chi connectivity index (χ0) is 24.2. The summed E-state index contributed by atoms with van der Waals surface area (Å²) in [7, 11) is 1.60. The Labute approximate surface area is 199 Å². The second-order valence-corrected chi connectivity index (χ2v) is 8.66. The second-order valence-electron chi connectivity index (χ2n) is 8.66. The first-order valence-corrected chi connectivity index (χ1v) is 11.5. The van der Waals surface area contributed by atoms with Gasteiger partial charge >= 0.3 is 0 Å². The van der Waals surface area contributed by atoms with Gasteiger partial charge in [-0.3, -0.25) is 9.59 Å². The molecule has 3 atom stereocenters. The minimum atomic E-state index is -0.600. The number of halogens is 1. The van der Waals surface area contributed by atoms with Gasteiger partial charge in [0.05, 0.1) is 19.1 Å². The lowest BCUT2D eigenvalue weighted by molar-refractivity contribution is -0.125. The zero-order valence-electron chi connectivity index (χ0n) is 19.6. The first-order chi connectivity index (χ1) is 16.4. The van der Waals surface area contributed by atoms with Gasteiger partial charge in [0.15, 0.2) is 0 Å². The summed E-state index contributed by atoms with van der Waals surface area (Å²) in [5.74, 6) is -0.530. The van der Waals surface area contributed by atoms with Crippen molar-refractivity contribution >= 4 is 11.8 Å². The molecular weight excluding hydrogens is 431 g/mol. The van der Waals surface area contributed by atoms with E-state index in [1.807, 2.05) is 56.3 Å². The number of nitrogens with zero attached hydrogens (tertiary/aromatic N) is 1. The van der Waals surface area contributed by atoms with E-state index in [-0.39, 0.29) is 30.2 Å². The van der Waals surface area contributed by atoms with Crippen molar-refractivity contribution in [2.75, 3.05) is 7.11 Å². The molecule has 1 N–H and O–H groups in total. The number of hydrogen-bond acceptors (Lipinski definition) is 3. The highest BCUT2D eigenvalue weighted by molar-refractivity contribution is 6.01. The molecule has 0 saturated heterocycles. The van der Waals surface area contributed by atoms with Gasteiger partial charge in [-0.05, 0) is 60.4 Å². The third-order valence-electron chi connectivity index (χ3n) is 6.45. The summed E-state index contributed by atoms with van der Waals surface area (Å²) in [5.41, 5.74) is 2.84. The van der Waals surface area contributed by atoms with Gasteiger partial charge in [0.1, 0.15) is 11.6 Å². The molecule has 3 aromatic rings. The van der Waals surface area contributed by atoms with Gasteiger partial charge in [0.25, 0.3) is 5.91 Å². The van der Waals surface area contributed by atoms with Gasteiger partial charge < -0.3 is 15.0 Å². The first-order valence-electron chi connectivity index (χ1n) is 11.5. The third kappa shape index (κ3) is 4.67. The molecule has 0 spiro atoms. The van der Waals surface area contributed by atoms with Crippen molar-refractivity contribution < 1.29 is 18.7 Å². The van der Waals surface area contributed by atoms with Gasteiger partial charge in [0.2, 0.25) is 5.91 Å². The zero-order valence-corrected chi connectivity index (χ0v) is 19.6. The number of ether oxygens (including phenoxy) is 1. The van der Waals surface area contributed by atoms with Crippen LogP contribution in [-0.2, 0) is 11.3 Å². The van der Waals surface area contributed by atoms with Crippen molar-refractivity contribution in [3.8, 4) is 5.75 Å². The maximum Gasteiger partial charge on any atom is 0.255 e. The van der Waals surface area contributed by atoms with Gasteiger partial charge in [-0.25, -0.2) is 4.39 Å². The molecule has 0 fully saturated rings. The summed E-state index contributed by atoms with van der Waals surface area (Å²) in [6.07, 6.45) is 0.797. The van der Waals surface area contributed by atoms with E-state index in [0.717, 1.165) is 17.5 Å². The Kier molecular flexibility index (Phi) is 6.96. The normalized spacial score (nSPS) is 18.2. The number of amides is 2. The highest BCUT2D eigenvalue weighted by atomic mass is 19.1. The number of benzene rings is 3. The third-order valence-corrected chi connectivity index (χ3v) is 6.45. The molecular formula is C28H29FN2O3. The monoisotopic (exact) mass is 460 g/mol. The minimum absolute atomic E-state index is 0.000596. The van der Waals surface area contributed by atoms with Gasteiger partial charge in [-0.1, -0.05) is 49.4 Å². The minimum Gasteiger partial charge on any atom is -0.497 e. The lowest BCUT2D eigenvalue weighted by Crippen LogP contribution is -2.48. The fourth-order valence-electron chi connectivity index (χ4n) is 4.44. The van der Waals surface area contributed by atoms with Crippen molar-refractivity contribution in [1.82, 2.24) is 10.2 Å². The van der Waals surface area contributed by atoms with E-state index in [2.05, 4.69) is 5.32 Å². The Morgan fingerprint density at radius 3 is 2.38 bits per heavy atom. The van der Waals surface area contributed by atoms with E-state index < -0.39 is 12.0 Å². The first kappa shape index (κ1) is 23.5. The SMILES string of the molecule is CCC(C)NC(=O)C1c2ccccc2C(=O)N(Cc2ccc(F)cc2)C1c1ccc(OC)cc1. The highest BCUT2D eigenvalue weighted by Gasteiger charge is 2.44. The van der Waals surface area contributed by atoms with Crippen LogP contribution < -0.4 is 10.1 Å². The average Bonchev–Trinajstić information content (AvgIpc) is 2.86. The van der Waals surface area contributed by atoms with Crippen molar-refractivity contribution in [2.45, 2.75) is 44.8 Å². The molecule has 1 aliphatic heterocycles. The Morgan fingerprint density at radius 2 is 1.74 bits per heavy atom. The van der Waals surface area contributed by atoms with Crippen LogP contribution in [0.25, 0.3) is 0 Å². The van der Waals surface area contributed by atoms with Crippen LogP contribution in [0, 0.1) is 5.82 Å². The van der Waals surface area contributed by atoms with Gasteiger partial charge in [-0.2, -0.15) is 0 Å². The molecule has 6 heteroatoms. The molecule has 4 rings (SSSR count). The summed E-state index contributed by atoms with van der Waals surface area (Å²) in [6.45, 7) is 4.23. The lowest BCUT2D eigenvalue weighted by Gasteiger charge is -2.42. The molecule has 5 nitrogen and oxygen atoms in total. The van der Waals surface area contributed by atoms with Gasteiger partial charge in [0, 0.05) is 18.2 Å². The van der Waals surface area contributed by atoms with Gasteiger partial charge in [-0.15, -0.1) is 0 Å². The van der Waals surface area contributed by atoms with Crippen molar-refractivity contribution in [3.63, 3.8) is 0 Å². The van der Waals surface area contributed by atoms with E-state index in [4.69, 9.17) is 4.74 Å². The van der Waals surface area contributed by atoms with Crippen LogP contribution in [0.15, 0.2) is 72.8 Å². The maximum atomic E-state index is 13.7. The van der Waals surface area contributed by atoms with Crippen LogP contribution in [0.4, 0.5) is 4.39 Å². The van der Waals surface area contributed by atoms with E-state index in [1.54, 1.807) is 30.2 Å². The van der Waals surface area contributed by atoms with E-state index in [1.165, 1.54) is 12.1 Å². The largest absolute Gasteiger partial charge is 0.497 e. The molecule has 3 unspecified atom stereocenters. The fourth-order valence-corrected chi connectivity index (χ4v) is 4.44. The Hall–Kier alpha value is -3.67. The van der Waals surface area contributed by atoms with Crippen molar-refractivity contribution in [1.29, 1.82) is 0 Å². The standard InChI is InChI=1S/C28H29FN2O3/c1-4-18(2)30-27(32)25-23-7-5-6-8-24(23)28(33)31(17-19-9-13-21(29)14-10-19)26(25)20-11-15-22(34-3)16-12-20/h5-16,18,25-26H,4,17H2,1-3H3,(H,30,32). The molecule has 0 bridgehead atoms. The topological polar surface area (TPSA) is 58.6 Å². The number of carbonyl (C=O) groups is 2. The summed E-state index contributed by atoms with van der Waals surface area (Å²) >= 11 is 0. The molecule has 2 amide bonds. The Morgan fingerprint density at radius 1 is 1.06 bits per heavy atom. The summed E-state index contributed by atoms with van der Waals surface area (Å²) in [4.78, 5) is 29.1. The maximum absolute atomic E-state index is 13.7. The summed E-state index contributed by atoms with van der Waals surface area (Å²) < 4.78 is 18.8. The van der Waals surface area contributed by atoms with Crippen LogP contribution in [0.1, 0.15) is 59.3 Å². The highest BCUT2D eigenvalue weighted by Crippen LogP contribution is 2.44. The van der Waals surface area contributed by atoms with Crippen LogP contribution in [0.3, 0.4) is 0 Å². The van der Waals surface area contributed by atoms with E-state index >= 15 is 0 Å². The number of methoxy groups -OCH3 is 1. The fraction of sp³-hybridized carbons (Fsp3) is 0.286. The van der Waals surface area contributed by atoms with E-state index in [9.17, 15) is 14.0 Å². The molecule has 0 radical (unpaired) electrons. The second kappa shape index (κ2) is 10.1. The predicted octanol–water partition coefficient (Wildman–Crippen LogP) is 5.23. The molecule has 34 heavy (non-hydrogen) atoms. The molecule has 3 aromatic carbocycles. The number of carbonyl (C=O) groups excluding carboxylic acids is 2. The van der Waals surface area contributed by atoms with E-state index in [0.29, 0.717) is 16.9 Å². The Balaban J connectivity index is 1.85. The summed E-state index contributed by atoms with van der Waals surface area (Å²) in [6, 6.07) is 20.3. The van der Waals surface area contributed by atoms with Crippen LogP contribution in [0.2, 0.25) is 0 Å². The van der Waals surface area contributed by atoms with Crippen molar-refractivity contribution in [3.05, 3.63) is 101 Å². The summed E-state index contributed by atoms with van der Waals surface area (Å²) in [5, 5.41) is 3.12. The number of rotatable bonds is 7. The van der Waals surface area contributed by atoms with Crippen LogP contribution in [0.5, 0.6) is 5.75 Å². The average molecular weight is 461 g/mol. The molecule has 0 aliphatic carbocycles. The molecule has 1 heterocycles. The Bertz CT molecular complexity index is 1160.